The van der Waals surface area contributed by atoms with Gasteiger partial charge in [-0.05, 0) is 50.6 Å². The summed E-state index contributed by atoms with van der Waals surface area (Å²) in [6.07, 6.45) is 6.82. The van der Waals surface area contributed by atoms with Gasteiger partial charge in [0.1, 0.15) is 0 Å². The predicted molar refractivity (Wildman–Crippen MR) is 71.6 cm³/mol. The van der Waals surface area contributed by atoms with Crippen molar-refractivity contribution in [2.45, 2.75) is 52.4 Å². The van der Waals surface area contributed by atoms with Crippen molar-refractivity contribution in [1.82, 2.24) is 5.32 Å². The third-order valence-electron chi connectivity index (χ3n) is 4.27. The first-order valence-corrected chi connectivity index (χ1v) is 7.17. The summed E-state index contributed by atoms with van der Waals surface area (Å²) in [5.41, 5.74) is 5.33. The normalized spacial score (nSPS) is 25.1. The van der Waals surface area contributed by atoms with E-state index in [1.165, 1.54) is 12.8 Å². The maximum atomic E-state index is 11.0. The fraction of sp³-hybridized carbons (Fsp3) is 0.929. The number of carbonyl (C=O) groups excluding carboxylic acids is 1. The lowest BCUT2D eigenvalue weighted by molar-refractivity contribution is -0.122. The summed E-state index contributed by atoms with van der Waals surface area (Å²) in [6, 6.07) is 0. The predicted octanol–water partition coefficient (Wildman–Crippen LogP) is 2.30. The zero-order valence-electron chi connectivity index (χ0n) is 11.4. The fourth-order valence-electron chi connectivity index (χ4n) is 2.72. The van der Waals surface area contributed by atoms with E-state index in [2.05, 4.69) is 19.2 Å². The van der Waals surface area contributed by atoms with E-state index in [1.54, 1.807) is 0 Å². The molecular formula is C14H28N2O. The van der Waals surface area contributed by atoms with Gasteiger partial charge in [-0.2, -0.15) is 0 Å². The van der Waals surface area contributed by atoms with E-state index in [0.717, 1.165) is 50.6 Å². The number of carbonyl (C=O) groups is 1. The fourth-order valence-corrected chi connectivity index (χ4v) is 2.72. The van der Waals surface area contributed by atoms with Gasteiger partial charge in [-0.3, -0.25) is 4.79 Å². The minimum Gasteiger partial charge on any atom is -0.369 e. The van der Waals surface area contributed by atoms with Crippen LogP contribution in [0, 0.1) is 17.8 Å². The smallest absolute Gasteiger partial charge is 0.220 e. The van der Waals surface area contributed by atoms with Gasteiger partial charge in [0.05, 0.1) is 0 Å². The third-order valence-corrected chi connectivity index (χ3v) is 4.27. The molecule has 1 aliphatic carbocycles. The molecule has 0 aliphatic heterocycles. The second kappa shape index (κ2) is 7.70. The van der Waals surface area contributed by atoms with Gasteiger partial charge in [0.15, 0.2) is 0 Å². The highest BCUT2D eigenvalue weighted by atomic mass is 16.1. The number of nitrogens with one attached hydrogen (secondary N) is 1. The zero-order valence-corrected chi connectivity index (χ0v) is 11.4. The molecule has 1 rings (SSSR count). The van der Waals surface area contributed by atoms with Crippen molar-refractivity contribution in [3.05, 3.63) is 0 Å². The summed E-state index contributed by atoms with van der Waals surface area (Å²) in [6.45, 7) is 6.77. The van der Waals surface area contributed by atoms with E-state index in [1.807, 2.05) is 0 Å². The standard InChI is InChI=1S/C14H28N2O/c1-3-11(4-2)9-16-10-12-5-7-13(8-6-12)14(15)17/h11-13,16H,3-10H2,1-2H3,(H2,15,17). The summed E-state index contributed by atoms with van der Waals surface area (Å²) in [7, 11) is 0. The molecule has 0 spiro atoms. The van der Waals surface area contributed by atoms with Crippen LogP contribution < -0.4 is 11.1 Å². The van der Waals surface area contributed by atoms with Crippen LogP contribution in [0.3, 0.4) is 0 Å². The molecule has 0 saturated heterocycles. The number of nitrogens with two attached hydrogens (primary N) is 1. The molecule has 0 aromatic rings. The Hall–Kier alpha value is -0.570. The lowest BCUT2D eigenvalue weighted by atomic mass is 9.81. The van der Waals surface area contributed by atoms with Crippen LogP contribution in [-0.2, 0) is 4.79 Å². The highest BCUT2D eigenvalue weighted by molar-refractivity contribution is 5.76. The van der Waals surface area contributed by atoms with Crippen LogP contribution in [0.5, 0.6) is 0 Å². The summed E-state index contributed by atoms with van der Waals surface area (Å²) in [5, 5.41) is 3.58. The molecule has 1 fully saturated rings. The first kappa shape index (κ1) is 14.5. The quantitative estimate of drug-likeness (QED) is 0.717. The van der Waals surface area contributed by atoms with E-state index < -0.39 is 0 Å². The summed E-state index contributed by atoms with van der Waals surface area (Å²) in [4.78, 5) is 11.0. The van der Waals surface area contributed by atoms with E-state index in [9.17, 15) is 4.79 Å². The lowest BCUT2D eigenvalue weighted by Crippen LogP contribution is -2.33. The third kappa shape index (κ3) is 5.07. The van der Waals surface area contributed by atoms with Crippen molar-refractivity contribution in [2.75, 3.05) is 13.1 Å². The molecule has 1 aliphatic rings. The second-order valence-electron chi connectivity index (χ2n) is 5.46. The molecule has 0 radical (unpaired) electrons. The minimum atomic E-state index is -0.103. The maximum absolute atomic E-state index is 11.0. The van der Waals surface area contributed by atoms with Gasteiger partial charge in [-0.1, -0.05) is 26.7 Å². The monoisotopic (exact) mass is 240 g/mol. The molecule has 0 bridgehead atoms. The highest BCUT2D eigenvalue weighted by Gasteiger charge is 2.24. The Bertz CT molecular complexity index is 218. The van der Waals surface area contributed by atoms with Crippen LogP contribution >= 0.6 is 0 Å². The van der Waals surface area contributed by atoms with Crippen molar-refractivity contribution >= 4 is 5.91 Å². The number of hydrogen-bond donors (Lipinski definition) is 2. The number of rotatable bonds is 7. The molecule has 0 aromatic carbocycles. The SMILES string of the molecule is CCC(CC)CNCC1CCC(C(N)=O)CC1. The van der Waals surface area contributed by atoms with Crippen molar-refractivity contribution in [3.8, 4) is 0 Å². The van der Waals surface area contributed by atoms with Crippen LogP contribution in [0.25, 0.3) is 0 Å². The Morgan fingerprint density at radius 1 is 1.24 bits per heavy atom. The molecule has 3 heteroatoms. The first-order valence-electron chi connectivity index (χ1n) is 7.17. The molecule has 100 valence electrons. The summed E-state index contributed by atoms with van der Waals surface area (Å²) in [5.74, 6) is 1.61. The van der Waals surface area contributed by atoms with Gasteiger partial charge in [0.25, 0.3) is 0 Å². The molecule has 17 heavy (non-hydrogen) atoms. The van der Waals surface area contributed by atoms with Gasteiger partial charge < -0.3 is 11.1 Å². The first-order chi connectivity index (χ1) is 8.17. The van der Waals surface area contributed by atoms with Crippen LogP contribution in [0.15, 0.2) is 0 Å². The number of amides is 1. The number of primary amides is 1. The lowest BCUT2D eigenvalue weighted by Gasteiger charge is -2.27. The zero-order chi connectivity index (χ0) is 12.7. The van der Waals surface area contributed by atoms with Crippen molar-refractivity contribution in [3.63, 3.8) is 0 Å². The largest absolute Gasteiger partial charge is 0.369 e. The summed E-state index contributed by atoms with van der Waals surface area (Å²) < 4.78 is 0. The van der Waals surface area contributed by atoms with Gasteiger partial charge >= 0.3 is 0 Å². The average Bonchev–Trinajstić information content (AvgIpc) is 2.35. The molecule has 0 atom stereocenters. The molecular weight excluding hydrogens is 212 g/mol. The van der Waals surface area contributed by atoms with E-state index in [4.69, 9.17) is 5.73 Å². The summed E-state index contributed by atoms with van der Waals surface area (Å²) >= 11 is 0. The Morgan fingerprint density at radius 2 is 1.82 bits per heavy atom. The Morgan fingerprint density at radius 3 is 2.29 bits per heavy atom. The van der Waals surface area contributed by atoms with Crippen LogP contribution in [0.4, 0.5) is 0 Å². The Kier molecular flexibility index (Phi) is 6.56. The molecule has 0 heterocycles. The van der Waals surface area contributed by atoms with Crippen molar-refractivity contribution in [1.29, 1.82) is 0 Å². The molecule has 1 saturated carbocycles. The van der Waals surface area contributed by atoms with Crippen LogP contribution in [0.2, 0.25) is 0 Å². The molecule has 3 nitrogen and oxygen atoms in total. The van der Waals surface area contributed by atoms with Crippen LogP contribution in [-0.4, -0.2) is 19.0 Å². The van der Waals surface area contributed by atoms with Gasteiger partial charge in [0, 0.05) is 5.92 Å². The van der Waals surface area contributed by atoms with Gasteiger partial charge in [-0.15, -0.1) is 0 Å². The van der Waals surface area contributed by atoms with Gasteiger partial charge in [0.2, 0.25) is 5.91 Å². The number of hydrogen-bond acceptors (Lipinski definition) is 2. The maximum Gasteiger partial charge on any atom is 0.220 e. The molecule has 0 aromatic heterocycles. The Balaban J connectivity index is 2.12. The van der Waals surface area contributed by atoms with E-state index in [-0.39, 0.29) is 11.8 Å². The average molecular weight is 240 g/mol. The Labute approximate surface area is 106 Å². The molecule has 0 unspecified atom stereocenters. The highest BCUT2D eigenvalue weighted by Crippen LogP contribution is 2.28. The molecule has 3 N–H and O–H groups in total. The topological polar surface area (TPSA) is 55.1 Å². The molecule has 1 amide bonds. The van der Waals surface area contributed by atoms with E-state index >= 15 is 0 Å². The van der Waals surface area contributed by atoms with E-state index in [0.29, 0.717) is 0 Å². The van der Waals surface area contributed by atoms with Crippen molar-refractivity contribution in [2.24, 2.45) is 23.5 Å². The van der Waals surface area contributed by atoms with Gasteiger partial charge in [-0.25, -0.2) is 0 Å². The van der Waals surface area contributed by atoms with Crippen LogP contribution in [0.1, 0.15) is 52.4 Å². The minimum absolute atomic E-state index is 0.103. The second-order valence-corrected chi connectivity index (χ2v) is 5.46. The van der Waals surface area contributed by atoms with Crippen molar-refractivity contribution < 1.29 is 4.79 Å².